The van der Waals surface area contributed by atoms with Crippen LogP contribution in [0.1, 0.15) is 75.6 Å². The van der Waals surface area contributed by atoms with E-state index in [0.717, 1.165) is 49.3 Å². The molecular formula is C36H43F2N3O3. The van der Waals surface area contributed by atoms with Crippen LogP contribution in [0.2, 0.25) is 0 Å². The van der Waals surface area contributed by atoms with Gasteiger partial charge in [-0.05, 0) is 85.2 Å². The maximum Gasteiger partial charge on any atom is 0.254 e. The van der Waals surface area contributed by atoms with Crippen molar-refractivity contribution < 1.29 is 23.5 Å². The monoisotopic (exact) mass is 603 g/mol. The molecule has 8 heteroatoms. The predicted octanol–water partition coefficient (Wildman–Crippen LogP) is 5.90. The number of aliphatic hydroxyl groups excluding tert-OH is 1. The van der Waals surface area contributed by atoms with Gasteiger partial charge in [0, 0.05) is 42.9 Å². The number of nitrogens with one attached hydrogen (secondary N) is 2. The summed E-state index contributed by atoms with van der Waals surface area (Å²) >= 11 is 0. The summed E-state index contributed by atoms with van der Waals surface area (Å²) in [5.41, 5.74) is 3.99. The number of carbonyl (C=O) groups is 2. The van der Waals surface area contributed by atoms with E-state index in [1.54, 1.807) is 24.3 Å². The second kappa shape index (κ2) is 15.7. The fourth-order valence-corrected chi connectivity index (χ4v) is 5.94. The fraction of sp³-hybridized carbons (Fsp3) is 0.389. The second-order valence-corrected chi connectivity index (χ2v) is 11.7. The quantitative estimate of drug-likeness (QED) is 0.201. The van der Waals surface area contributed by atoms with Crippen LogP contribution in [0.15, 0.2) is 73.3 Å². The Bertz CT molecular complexity index is 1430. The normalized spacial score (nSPS) is 14.7. The number of rotatable bonds is 14. The first-order chi connectivity index (χ1) is 21.2. The minimum atomic E-state index is -1.07. The van der Waals surface area contributed by atoms with Crippen LogP contribution in [-0.4, -0.2) is 53.1 Å². The summed E-state index contributed by atoms with van der Waals surface area (Å²) in [4.78, 5) is 29.0. The number of nitrogens with zero attached hydrogens (tertiary/aromatic N) is 1. The molecule has 44 heavy (non-hydrogen) atoms. The lowest BCUT2D eigenvalue weighted by Gasteiger charge is -2.28. The Kier molecular flexibility index (Phi) is 11.8. The molecular weight excluding hydrogens is 560 g/mol. The Balaban J connectivity index is 1.52. The molecule has 1 fully saturated rings. The number of aliphatic hydroxyl groups is 1. The largest absolute Gasteiger partial charge is 0.390 e. The van der Waals surface area contributed by atoms with Gasteiger partial charge in [-0.25, -0.2) is 8.78 Å². The fourth-order valence-electron chi connectivity index (χ4n) is 5.94. The minimum absolute atomic E-state index is 0.000975. The van der Waals surface area contributed by atoms with E-state index in [9.17, 15) is 23.5 Å². The van der Waals surface area contributed by atoms with E-state index in [1.807, 2.05) is 24.0 Å². The third-order valence-electron chi connectivity index (χ3n) is 8.18. The number of hydrogen-bond acceptors (Lipinski definition) is 4. The Morgan fingerprint density at radius 2 is 1.68 bits per heavy atom. The number of hydrogen-bond donors (Lipinski definition) is 3. The van der Waals surface area contributed by atoms with Gasteiger partial charge in [0.15, 0.2) is 0 Å². The zero-order chi connectivity index (χ0) is 31.6. The molecule has 3 aromatic carbocycles. The molecule has 6 nitrogen and oxygen atoms in total. The number of benzene rings is 3. The van der Waals surface area contributed by atoms with Gasteiger partial charge in [-0.15, -0.1) is 6.58 Å². The summed E-state index contributed by atoms with van der Waals surface area (Å²) in [7, 11) is 0. The molecule has 0 bridgehead atoms. The van der Waals surface area contributed by atoms with Gasteiger partial charge >= 0.3 is 0 Å². The molecule has 1 saturated carbocycles. The first kappa shape index (κ1) is 33.0. The van der Waals surface area contributed by atoms with Gasteiger partial charge in [0.05, 0.1) is 12.1 Å². The van der Waals surface area contributed by atoms with E-state index < -0.39 is 29.7 Å². The minimum Gasteiger partial charge on any atom is -0.390 e. The summed E-state index contributed by atoms with van der Waals surface area (Å²) in [6.45, 7) is 8.78. The topological polar surface area (TPSA) is 81.7 Å². The lowest BCUT2D eigenvalue weighted by Crippen LogP contribution is -2.48. The van der Waals surface area contributed by atoms with Gasteiger partial charge in [-0.1, -0.05) is 50.1 Å². The highest BCUT2D eigenvalue weighted by Crippen LogP contribution is 2.25. The average molecular weight is 604 g/mol. The molecule has 0 saturated heterocycles. The molecule has 0 aliphatic heterocycles. The van der Waals surface area contributed by atoms with Crippen LogP contribution < -0.4 is 10.6 Å². The summed E-state index contributed by atoms with van der Waals surface area (Å²) < 4.78 is 28.0. The van der Waals surface area contributed by atoms with E-state index in [-0.39, 0.29) is 30.5 Å². The summed E-state index contributed by atoms with van der Waals surface area (Å²) in [6, 6.07) is 15.6. The van der Waals surface area contributed by atoms with Crippen LogP contribution in [0.4, 0.5) is 8.78 Å². The van der Waals surface area contributed by atoms with Crippen molar-refractivity contribution in [1.29, 1.82) is 0 Å². The van der Waals surface area contributed by atoms with Crippen molar-refractivity contribution in [1.82, 2.24) is 15.5 Å². The van der Waals surface area contributed by atoms with Crippen molar-refractivity contribution in [3.05, 3.63) is 118 Å². The average Bonchev–Trinajstić information content (AvgIpc) is 3.53. The zero-order valence-corrected chi connectivity index (χ0v) is 25.6. The first-order valence-electron chi connectivity index (χ1n) is 15.4. The smallest absolute Gasteiger partial charge is 0.254 e. The Labute approximate surface area is 259 Å². The van der Waals surface area contributed by atoms with Crippen LogP contribution in [0, 0.1) is 18.6 Å². The molecule has 3 N–H and O–H groups in total. The van der Waals surface area contributed by atoms with Crippen molar-refractivity contribution in [2.75, 3.05) is 13.1 Å². The first-order valence-corrected chi connectivity index (χ1v) is 15.4. The van der Waals surface area contributed by atoms with Gasteiger partial charge in [0.1, 0.15) is 11.6 Å². The second-order valence-electron chi connectivity index (χ2n) is 11.7. The van der Waals surface area contributed by atoms with Gasteiger partial charge < -0.3 is 20.6 Å². The molecule has 0 unspecified atom stereocenters. The number of aryl methyl sites for hydroxylation is 2. The van der Waals surface area contributed by atoms with Crippen molar-refractivity contribution in [3.63, 3.8) is 0 Å². The molecule has 2 amide bonds. The van der Waals surface area contributed by atoms with E-state index in [4.69, 9.17) is 0 Å². The molecule has 4 rings (SSSR count). The molecule has 1 aliphatic carbocycles. The third-order valence-corrected chi connectivity index (χ3v) is 8.18. The summed E-state index contributed by atoms with van der Waals surface area (Å²) in [5.74, 6) is -2.11. The molecule has 2 atom stereocenters. The van der Waals surface area contributed by atoms with Crippen LogP contribution in [-0.2, 0) is 19.4 Å². The number of halogens is 2. The standard InChI is InChI=1S/C36H43F2N3O3/c1-4-13-41(32-11-6-7-12-32)36(44)29-15-24(3)14-28(20-29)35(43)40-33(19-27-17-30(37)21-31(38)18-27)34(42)23-39-22-26-10-8-9-25(5-2)16-26/h4,8-10,14-18,20-21,32-34,39,42H,1,5-7,11-13,19,22-23H2,2-3H3,(H,40,43)/t33-,34+/m0/s1. The Hall–Kier alpha value is -3.88. The molecule has 234 valence electrons. The van der Waals surface area contributed by atoms with Gasteiger partial charge in [-0.3, -0.25) is 9.59 Å². The highest BCUT2D eigenvalue weighted by Gasteiger charge is 2.28. The Morgan fingerprint density at radius 1 is 1.00 bits per heavy atom. The molecule has 0 radical (unpaired) electrons. The van der Waals surface area contributed by atoms with Crippen molar-refractivity contribution in [3.8, 4) is 0 Å². The molecule has 3 aromatic rings. The number of carbonyl (C=O) groups excluding carboxylic acids is 2. The third kappa shape index (κ3) is 9.07. The van der Waals surface area contributed by atoms with Crippen LogP contribution in [0.3, 0.4) is 0 Å². The van der Waals surface area contributed by atoms with E-state index in [2.05, 4.69) is 36.3 Å². The van der Waals surface area contributed by atoms with Crippen LogP contribution in [0.25, 0.3) is 0 Å². The van der Waals surface area contributed by atoms with Gasteiger partial charge in [-0.2, -0.15) is 0 Å². The summed E-state index contributed by atoms with van der Waals surface area (Å²) in [6.07, 6.45) is 5.59. The Morgan fingerprint density at radius 3 is 2.36 bits per heavy atom. The lowest BCUT2D eigenvalue weighted by atomic mass is 9.99. The summed E-state index contributed by atoms with van der Waals surface area (Å²) in [5, 5.41) is 17.3. The molecule has 1 aliphatic rings. The zero-order valence-electron chi connectivity index (χ0n) is 25.6. The van der Waals surface area contributed by atoms with Crippen LogP contribution >= 0.6 is 0 Å². The molecule has 0 heterocycles. The van der Waals surface area contributed by atoms with E-state index in [0.29, 0.717) is 24.2 Å². The SMILES string of the molecule is C=CCN(C(=O)c1cc(C)cc(C(=O)N[C@@H](Cc2cc(F)cc(F)c2)[C@H](O)CNCc2cccc(CC)c2)c1)C1CCCC1. The van der Waals surface area contributed by atoms with Crippen molar-refractivity contribution in [2.24, 2.45) is 0 Å². The maximum absolute atomic E-state index is 14.0. The highest BCUT2D eigenvalue weighted by atomic mass is 19.1. The van der Waals surface area contributed by atoms with Crippen LogP contribution in [0.5, 0.6) is 0 Å². The molecule has 0 aromatic heterocycles. The maximum atomic E-state index is 14.0. The van der Waals surface area contributed by atoms with Gasteiger partial charge in [0.2, 0.25) is 0 Å². The van der Waals surface area contributed by atoms with E-state index in [1.165, 1.54) is 17.7 Å². The van der Waals surface area contributed by atoms with E-state index >= 15 is 0 Å². The lowest BCUT2D eigenvalue weighted by molar-refractivity contribution is 0.0706. The van der Waals surface area contributed by atoms with Crippen molar-refractivity contribution >= 4 is 11.8 Å². The predicted molar refractivity (Wildman–Crippen MR) is 170 cm³/mol. The molecule has 0 spiro atoms. The van der Waals surface area contributed by atoms with Crippen molar-refractivity contribution in [2.45, 2.75) is 77.1 Å². The highest BCUT2D eigenvalue weighted by molar-refractivity contribution is 6.00. The van der Waals surface area contributed by atoms with Gasteiger partial charge in [0.25, 0.3) is 11.8 Å². The number of amides is 2.